The summed E-state index contributed by atoms with van der Waals surface area (Å²) in [5, 5.41) is 2.77. The summed E-state index contributed by atoms with van der Waals surface area (Å²) < 4.78 is 0.918. The van der Waals surface area contributed by atoms with Gasteiger partial charge >= 0.3 is 0 Å². The minimum Gasteiger partial charge on any atom is -0.366 e. The Morgan fingerprint density at radius 3 is 2.45 bits per heavy atom. The number of anilines is 1. The number of hydrogen-bond donors (Lipinski definition) is 2. The highest BCUT2D eigenvalue weighted by molar-refractivity contribution is 9.10. The molecule has 2 rings (SSSR count). The number of rotatable bonds is 3. The van der Waals surface area contributed by atoms with E-state index >= 15 is 0 Å². The number of nitrogens with one attached hydrogen (secondary N) is 1. The van der Waals surface area contributed by atoms with Crippen LogP contribution in [0.5, 0.6) is 0 Å². The van der Waals surface area contributed by atoms with Gasteiger partial charge in [-0.1, -0.05) is 28.1 Å². The quantitative estimate of drug-likeness (QED) is 0.906. The largest absolute Gasteiger partial charge is 0.366 e. The van der Waals surface area contributed by atoms with Crippen molar-refractivity contribution in [3.8, 4) is 0 Å². The normalized spacial score (nSPS) is 10.1. The van der Waals surface area contributed by atoms with Crippen LogP contribution < -0.4 is 11.1 Å². The Balaban J connectivity index is 2.21. The first kappa shape index (κ1) is 14.3. The fraction of sp³-hybridized carbons (Fsp3) is 0.0667. The van der Waals surface area contributed by atoms with Crippen LogP contribution in [0.25, 0.3) is 0 Å². The number of benzene rings is 2. The molecule has 4 nitrogen and oxygen atoms in total. The van der Waals surface area contributed by atoms with Crippen molar-refractivity contribution >= 4 is 33.4 Å². The first-order valence-electron chi connectivity index (χ1n) is 5.95. The van der Waals surface area contributed by atoms with E-state index in [-0.39, 0.29) is 5.91 Å². The summed E-state index contributed by atoms with van der Waals surface area (Å²) in [7, 11) is 0. The molecule has 0 fully saturated rings. The second kappa shape index (κ2) is 5.88. The van der Waals surface area contributed by atoms with Gasteiger partial charge in [-0.15, -0.1) is 0 Å². The number of primary amides is 1. The minimum absolute atomic E-state index is 0.288. The highest BCUT2D eigenvalue weighted by Crippen LogP contribution is 2.21. The molecule has 0 aromatic heterocycles. The maximum absolute atomic E-state index is 12.1. The van der Waals surface area contributed by atoms with Gasteiger partial charge in [-0.3, -0.25) is 9.59 Å². The Hall–Kier alpha value is -2.14. The Morgan fingerprint density at radius 2 is 1.80 bits per heavy atom. The average molecular weight is 333 g/mol. The van der Waals surface area contributed by atoms with Gasteiger partial charge < -0.3 is 11.1 Å². The van der Waals surface area contributed by atoms with Crippen molar-refractivity contribution in [2.45, 2.75) is 6.92 Å². The minimum atomic E-state index is -0.558. The number of carbonyl (C=O) groups is 2. The predicted octanol–water partition coefficient (Wildman–Crippen LogP) is 3.11. The maximum atomic E-state index is 12.1. The SMILES string of the molecule is Cc1ccc(NC(=O)c2cccc(C(N)=O)c2)cc1Br. The van der Waals surface area contributed by atoms with Crippen LogP contribution in [-0.4, -0.2) is 11.8 Å². The smallest absolute Gasteiger partial charge is 0.255 e. The summed E-state index contributed by atoms with van der Waals surface area (Å²) >= 11 is 3.41. The van der Waals surface area contributed by atoms with E-state index in [2.05, 4.69) is 21.2 Å². The molecule has 20 heavy (non-hydrogen) atoms. The molecule has 5 heteroatoms. The van der Waals surface area contributed by atoms with Gasteiger partial charge in [-0.2, -0.15) is 0 Å². The number of halogens is 1. The molecule has 3 N–H and O–H groups in total. The molecule has 2 aromatic carbocycles. The Kier molecular flexibility index (Phi) is 4.20. The summed E-state index contributed by atoms with van der Waals surface area (Å²) in [6, 6.07) is 11.8. The topological polar surface area (TPSA) is 72.2 Å². The highest BCUT2D eigenvalue weighted by atomic mass is 79.9. The van der Waals surface area contributed by atoms with E-state index in [0.29, 0.717) is 16.8 Å². The van der Waals surface area contributed by atoms with E-state index in [4.69, 9.17) is 5.73 Å². The first-order valence-corrected chi connectivity index (χ1v) is 6.74. The summed E-state index contributed by atoms with van der Waals surface area (Å²) in [6.07, 6.45) is 0. The predicted molar refractivity (Wildman–Crippen MR) is 81.8 cm³/mol. The van der Waals surface area contributed by atoms with Crippen molar-refractivity contribution in [2.24, 2.45) is 5.73 Å². The molecule has 0 heterocycles. The molecule has 0 aliphatic carbocycles. The van der Waals surface area contributed by atoms with Gasteiger partial charge in [0.05, 0.1) is 0 Å². The van der Waals surface area contributed by atoms with Crippen molar-refractivity contribution in [1.29, 1.82) is 0 Å². The van der Waals surface area contributed by atoms with Gasteiger partial charge in [0, 0.05) is 21.3 Å². The molecule has 0 aliphatic heterocycles. The van der Waals surface area contributed by atoms with Crippen LogP contribution >= 0.6 is 15.9 Å². The zero-order valence-corrected chi connectivity index (χ0v) is 12.4. The van der Waals surface area contributed by atoms with Gasteiger partial charge in [-0.25, -0.2) is 0 Å². The summed E-state index contributed by atoms with van der Waals surface area (Å²) in [5.74, 6) is -0.846. The third kappa shape index (κ3) is 3.24. The lowest BCUT2D eigenvalue weighted by Gasteiger charge is -2.07. The Labute approximate surface area is 125 Å². The highest BCUT2D eigenvalue weighted by Gasteiger charge is 2.09. The van der Waals surface area contributed by atoms with Crippen LogP contribution in [0.2, 0.25) is 0 Å². The third-order valence-electron chi connectivity index (χ3n) is 2.84. The number of nitrogens with two attached hydrogens (primary N) is 1. The molecule has 2 amide bonds. The van der Waals surface area contributed by atoms with Gasteiger partial charge in [0.2, 0.25) is 5.91 Å². The summed E-state index contributed by atoms with van der Waals surface area (Å²) in [5.41, 5.74) is 7.65. The second-order valence-corrected chi connectivity index (χ2v) is 5.22. The zero-order valence-electron chi connectivity index (χ0n) is 10.8. The lowest BCUT2D eigenvalue weighted by Crippen LogP contribution is -2.15. The molecule has 0 radical (unpaired) electrons. The van der Waals surface area contributed by atoms with Crippen molar-refractivity contribution < 1.29 is 9.59 Å². The lowest BCUT2D eigenvalue weighted by molar-refractivity contribution is 0.1000. The van der Waals surface area contributed by atoms with Crippen LogP contribution in [0.3, 0.4) is 0 Å². The molecule has 102 valence electrons. The average Bonchev–Trinajstić information content (AvgIpc) is 2.43. The van der Waals surface area contributed by atoms with Gasteiger partial charge in [-0.05, 0) is 42.8 Å². The van der Waals surface area contributed by atoms with Crippen molar-refractivity contribution in [1.82, 2.24) is 0 Å². The fourth-order valence-corrected chi connectivity index (χ4v) is 2.07. The van der Waals surface area contributed by atoms with E-state index in [0.717, 1.165) is 10.0 Å². The fourth-order valence-electron chi connectivity index (χ4n) is 1.69. The third-order valence-corrected chi connectivity index (χ3v) is 3.69. The molecule has 0 unspecified atom stereocenters. The number of hydrogen-bond acceptors (Lipinski definition) is 2. The van der Waals surface area contributed by atoms with E-state index in [1.54, 1.807) is 18.2 Å². The van der Waals surface area contributed by atoms with Crippen LogP contribution in [0.1, 0.15) is 26.3 Å². The molecule has 0 bridgehead atoms. The summed E-state index contributed by atoms with van der Waals surface area (Å²) in [4.78, 5) is 23.2. The van der Waals surface area contributed by atoms with Crippen molar-refractivity contribution in [3.63, 3.8) is 0 Å². The molecule has 0 aliphatic rings. The molecule has 2 aromatic rings. The van der Waals surface area contributed by atoms with Crippen LogP contribution in [0.15, 0.2) is 46.9 Å². The van der Waals surface area contributed by atoms with E-state index in [1.165, 1.54) is 6.07 Å². The zero-order chi connectivity index (χ0) is 14.7. The van der Waals surface area contributed by atoms with Crippen LogP contribution in [0.4, 0.5) is 5.69 Å². The number of amides is 2. The molecular weight excluding hydrogens is 320 g/mol. The van der Waals surface area contributed by atoms with Gasteiger partial charge in [0.15, 0.2) is 0 Å². The molecule has 0 saturated heterocycles. The Bertz CT molecular complexity index is 683. The number of aryl methyl sites for hydroxylation is 1. The lowest BCUT2D eigenvalue weighted by atomic mass is 10.1. The van der Waals surface area contributed by atoms with Crippen molar-refractivity contribution in [3.05, 3.63) is 63.6 Å². The van der Waals surface area contributed by atoms with Crippen LogP contribution in [0, 0.1) is 6.92 Å². The van der Waals surface area contributed by atoms with E-state index in [1.807, 2.05) is 25.1 Å². The van der Waals surface area contributed by atoms with Crippen molar-refractivity contribution in [2.75, 3.05) is 5.32 Å². The standard InChI is InChI=1S/C15H13BrN2O2/c1-9-5-6-12(8-13(9)16)18-15(20)11-4-2-3-10(7-11)14(17)19/h2-8H,1H3,(H2,17,19)(H,18,20). The van der Waals surface area contributed by atoms with E-state index in [9.17, 15) is 9.59 Å². The van der Waals surface area contributed by atoms with Crippen LogP contribution in [-0.2, 0) is 0 Å². The monoisotopic (exact) mass is 332 g/mol. The first-order chi connectivity index (χ1) is 9.47. The molecule has 0 atom stereocenters. The second-order valence-electron chi connectivity index (χ2n) is 4.36. The van der Waals surface area contributed by atoms with Gasteiger partial charge in [0.1, 0.15) is 0 Å². The van der Waals surface area contributed by atoms with Gasteiger partial charge in [0.25, 0.3) is 5.91 Å². The number of carbonyl (C=O) groups excluding carboxylic acids is 2. The molecule has 0 saturated carbocycles. The summed E-state index contributed by atoms with van der Waals surface area (Å²) in [6.45, 7) is 1.96. The Morgan fingerprint density at radius 1 is 1.10 bits per heavy atom. The molecular formula is C15H13BrN2O2. The maximum Gasteiger partial charge on any atom is 0.255 e. The van der Waals surface area contributed by atoms with E-state index < -0.39 is 5.91 Å². The molecule has 0 spiro atoms.